The number of carbonyl (C=O) groups excluding carboxylic acids is 1. The summed E-state index contributed by atoms with van der Waals surface area (Å²) in [6.07, 6.45) is 5.42. The summed E-state index contributed by atoms with van der Waals surface area (Å²) in [5.41, 5.74) is 2.16. The van der Waals surface area contributed by atoms with E-state index < -0.39 is 0 Å². The first-order chi connectivity index (χ1) is 12.1. The average Bonchev–Trinajstić information content (AvgIpc) is 2.67. The molecule has 1 N–H and O–H groups in total. The minimum Gasteiger partial charge on any atom is -0.345 e. The summed E-state index contributed by atoms with van der Waals surface area (Å²) in [4.78, 5) is 19.4. The first-order valence-electron chi connectivity index (χ1n) is 9.14. The molecule has 1 fully saturated rings. The van der Waals surface area contributed by atoms with Gasteiger partial charge >= 0.3 is 0 Å². The molecule has 1 aromatic carbocycles. The van der Waals surface area contributed by atoms with E-state index in [2.05, 4.69) is 41.2 Å². The minimum atomic E-state index is -0.125. The van der Waals surface area contributed by atoms with Crippen LogP contribution in [0, 0.1) is 5.92 Å². The number of rotatable bonds is 5. The summed E-state index contributed by atoms with van der Waals surface area (Å²) in [7, 11) is 0. The third-order valence-electron chi connectivity index (χ3n) is 5.09. The molecule has 4 heteroatoms. The molecular formula is C21H27N3O. The highest BCUT2D eigenvalue weighted by molar-refractivity contribution is 5.79. The van der Waals surface area contributed by atoms with Crippen molar-refractivity contribution in [1.29, 1.82) is 0 Å². The van der Waals surface area contributed by atoms with Crippen LogP contribution in [-0.4, -0.2) is 34.9 Å². The van der Waals surface area contributed by atoms with Crippen molar-refractivity contribution in [2.75, 3.05) is 13.1 Å². The van der Waals surface area contributed by atoms with Crippen LogP contribution in [-0.2, 0) is 4.79 Å². The molecule has 0 saturated carbocycles. The highest BCUT2D eigenvalue weighted by atomic mass is 16.1. The Morgan fingerprint density at radius 3 is 2.24 bits per heavy atom. The van der Waals surface area contributed by atoms with E-state index >= 15 is 0 Å². The second-order valence-electron chi connectivity index (χ2n) is 7.04. The predicted octanol–water partition coefficient (Wildman–Crippen LogP) is 3.41. The summed E-state index contributed by atoms with van der Waals surface area (Å²) in [5.74, 6) is 0.261. The molecule has 132 valence electrons. The second-order valence-corrected chi connectivity index (χ2v) is 7.04. The molecule has 1 unspecified atom stereocenters. The molecule has 0 bridgehead atoms. The van der Waals surface area contributed by atoms with E-state index in [1.807, 2.05) is 30.3 Å². The quantitative estimate of drug-likeness (QED) is 0.909. The third kappa shape index (κ3) is 4.45. The number of aromatic nitrogens is 1. The molecule has 4 nitrogen and oxygen atoms in total. The highest BCUT2D eigenvalue weighted by Gasteiger charge is 2.28. The molecule has 2 heterocycles. The van der Waals surface area contributed by atoms with Gasteiger partial charge in [0.1, 0.15) is 0 Å². The van der Waals surface area contributed by atoms with Crippen molar-refractivity contribution in [3.8, 4) is 0 Å². The van der Waals surface area contributed by atoms with Crippen LogP contribution < -0.4 is 5.32 Å². The lowest BCUT2D eigenvalue weighted by molar-refractivity contribution is -0.127. The number of piperidine rings is 1. The summed E-state index contributed by atoms with van der Waals surface area (Å²) in [6, 6.07) is 14.5. The molecule has 0 radical (unpaired) electrons. The molecule has 0 aliphatic carbocycles. The van der Waals surface area contributed by atoms with E-state index in [-0.39, 0.29) is 17.9 Å². The zero-order valence-electron chi connectivity index (χ0n) is 15.1. The Morgan fingerprint density at radius 2 is 1.64 bits per heavy atom. The van der Waals surface area contributed by atoms with Gasteiger partial charge in [-0.3, -0.25) is 9.78 Å². The lowest BCUT2D eigenvalue weighted by atomic mass is 9.93. The monoisotopic (exact) mass is 337 g/mol. The summed E-state index contributed by atoms with van der Waals surface area (Å²) >= 11 is 0. The smallest absolute Gasteiger partial charge is 0.223 e. The zero-order chi connectivity index (χ0) is 17.6. The van der Waals surface area contributed by atoms with Crippen molar-refractivity contribution < 1.29 is 4.79 Å². The number of benzene rings is 1. The van der Waals surface area contributed by atoms with Crippen molar-refractivity contribution in [2.45, 2.75) is 38.8 Å². The third-order valence-corrected chi connectivity index (χ3v) is 5.09. The lowest BCUT2D eigenvalue weighted by Gasteiger charge is -2.34. The van der Waals surface area contributed by atoms with Crippen molar-refractivity contribution in [3.63, 3.8) is 0 Å². The van der Waals surface area contributed by atoms with Gasteiger partial charge in [-0.1, -0.05) is 30.3 Å². The maximum atomic E-state index is 12.9. The molecule has 3 rings (SSSR count). The number of nitrogens with zero attached hydrogens (tertiary/aromatic N) is 2. The first kappa shape index (κ1) is 17.6. The Bertz CT molecular complexity index is 625. The van der Waals surface area contributed by atoms with Gasteiger partial charge in [-0.2, -0.15) is 0 Å². The average molecular weight is 337 g/mol. The van der Waals surface area contributed by atoms with Gasteiger partial charge < -0.3 is 10.2 Å². The van der Waals surface area contributed by atoms with Crippen LogP contribution >= 0.6 is 0 Å². The van der Waals surface area contributed by atoms with Gasteiger partial charge in [0.25, 0.3) is 0 Å². The Kier molecular flexibility index (Phi) is 5.82. The topological polar surface area (TPSA) is 45.2 Å². The van der Waals surface area contributed by atoms with Crippen LogP contribution in [0.25, 0.3) is 0 Å². The molecule has 1 saturated heterocycles. The van der Waals surface area contributed by atoms with Gasteiger partial charge in [0.05, 0.1) is 6.04 Å². The van der Waals surface area contributed by atoms with E-state index in [4.69, 9.17) is 0 Å². The number of hydrogen-bond acceptors (Lipinski definition) is 3. The minimum absolute atomic E-state index is 0.100. The number of pyridine rings is 1. The van der Waals surface area contributed by atoms with E-state index in [0.717, 1.165) is 37.1 Å². The van der Waals surface area contributed by atoms with E-state index in [1.165, 1.54) is 0 Å². The molecule has 1 atom stereocenters. The number of hydrogen-bond donors (Lipinski definition) is 1. The van der Waals surface area contributed by atoms with E-state index in [1.54, 1.807) is 12.4 Å². The first-order valence-corrected chi connectivity index (χ1v) is 9.14. The standard InChI is InChI=1S/C21H27N3O/c1-16(2)24-14-10-19(11-15-24)21(25)23-20(17-6-4-3-5-7-17)18-8-12-22-13-9-18/h3-9,12-13,16,19-20H,10-11,14-15H2,1-2H3,(H,23,25). The maximum Gasteiger partial charge on any atom is 0.223 e. The van der Waals surface area contributed by atoms with Crippen molar-refractivity contribution in [2.24, 2.45) is 5.92 Å². The van der Waals surface area contributed by atoms with Crippen LogP contribution in [0.4, 0.5) is 0 Å². The van der Waals surface area contributed by atoms with Crippen LogP contribution in [0.2, 0.25) is 0 Å². The summed E-state index contributed by atoms with van der Waals surface area (Å²) in [6.45, 7) is 6.44. The van der Waals surface area contributed by atoms with Gasteiger partial charge in [-0.05, 0) is 63.0 Å². The highest BCUT2D eigenvalue weighted by Crippen LogP contribution is 2.24. The van der Waals surface area contributed by atoms with Crippen LogP contribution in [0.3, 0.4) is 0 Å². The fourth-order valence-corrected chi connectivity index (χ4v) is 3.50. The second kappa shape index (κ2) is 8.26. The van der Waals surface area contributed by atoms with Crippen molar-refractivity contribution in [3.05, 3.63) is 66.0 Å². The zero-order valence-corrected chi connectivity index (χ0v) is 15.1. The molecule has 1 aliphatic heterocycles. The van der Waals surface area contributed by atoms with Gasteiger partial charge in [-0.15, -0.1) is 0 Å². The number of amides is 1. The summed E-state index contributed by atoms with van der Waals surface area (Å²) < 4.78 is 0. The van der Waals surface area contributed by atoms with Crippen molar-refractivity contribution >= 4 is 5.91 Å². The Labute approximate surface area is 150 Å². The number of carbonyl (C=O) groups is 1. The normalized spacial score (nSPS) is 17.4. The summed E-state index contributed by atoms with van der Waals surface area (Å²) in [5, 5.41) is 3.28. The van der Waals surface area contributed by atoms with Crippen LogP contribution in [0.5, 0.6) is 0 Å². The largest absolute Gasteiger partial charge is 0.345 e. The number of likely N-dealkylation sites (tertiary alicyclic amines) is 1. The van der Waals surface area contributed by atoms with Crippen molar-refractivity contribution in [1.82, 2.24) is 15.2 Å². The molecule has 2 aromatic rings. The van der Waals surface area contributed by atoms with Crippen LogP contribution in [0.1, 0.15) is 43.9 Å². The predicted molar refractivity (Wildman–Crippen MR) is 100 cm³/mol. The van der Waals surface area contributed by atoms with E-state index in [9.17, 15) is 4.79 Å². The molecule has 25 heavy (non-hydrogen) atoms. The molecule has 1 aromatic heterocycles. The Balaban J connectivity index is 1.72. The van der Waals surface area contributed by atoms with Gasteiger partial charge in [0, 0.05) is 24.4 Å². The lowest BCUT2D eigenvalue weighted by Crippen LogP contribution is -2.43. The molecule has 1 amide bonds. The fourth-order valence-electron chi connectivity index (χ4n) is 3.50. The maximum absolute atomic E-state index is 12.9. The van der Waals surface area contributed by atoms with Gasteiger partial charge in [0.2, 0.25) is 5.91 Å². The van der Waals surface area contributed by atoms with Crippen LogP contribution in [0.15, 0.2) is 54.9 Å². The molecular weight excluding hydrogens is 310 g/mol. The number of nitrogens with one attached hydrogen (secondary N) is 1. The SMILES string of the molecule is CC(C)N1CCC(C(=O)NC(c2ccccc2)c2ccncc2)CC1. The van der Waals surface area contributed by atoms with Gasteiger partial charge in [0.15, 0.2) is 0 Å². The van der Waals surface area contributed by atoms with E-state index in [0.29, 0.717) is 6.04 Å². The Morgan fingerprint density at radius 1 is 1.04 bits per heavy atom. The Hall–Kier alpha value is -2.20. The van der Waals surface area contributed by atoms with Gasteiger partial charge in [-0.25, -0.2) is 0 Å². The fraction of sp³-hybridized carbons (Fsp3) is 0.429. The molecule has 1 aliphatic rings. The molecule has 0 spiro atoms.